The molecule has 0 saturated heterocycles. The number of nitrogens with two attached hydrogens (primary N) is 1. The quantitative estimate of drug-likeness (QED) is 0.293. The van der Waals surface area contributed by atoms with E-state index in [0.29, 0.717) is 29.2 Å². The molecular formula is C20H18N4O6. The highest BCUT2D eigenvalue weighted by atomic mass is 16.6. The number of amides is 3. The largest absolute Gasteiger partial charge is 0.490 e. The number of rotatable bonds is 8. The zero-order chi connectivity index (χ0) is 22.1. The summed E-state index contributed by atoms with van der Waals surface area (Å²) in [5, 5.41) is 21.8. The summed E-state index contributed by atoms with van der Waals surface area (Å²) in [6, 6.07) is 11.4. The molecule has 0 aliphatic heterocycles. The standard InChI is InChI=1S/C20H18N4O6/c1-2-29-18-10-13(8-15(11-21)19(25)23-20(22)26)6-7-17(18)30-12-14-4-3-5-16(9-14)24(27)28/h3-10H,2,12H2,1H3,(H3,22,23,25,26)/b15-8-. The van der Waals surface area contributed by atoms with Crippen molar-refractivity contribution in [2.24, 2.45) is 5.73 Å². The molecule has 0 radical (unpaired) electrons. The number of carbonyl (C=O) groups is 2. The Bertz CT molecular complexity index is 1040. The van der Waals surface area contributed by atoms with Crippen molar-refractivity contribution in [1.29, 1.82) is 5.26 Å². The van der Waals surface area contributed by atoms with E-state index in [4.69, 9.17) is 20.5 Å². The number of urea groups is 1. The molecule has 10 heteroatoms. The number of hydrogen-bond donors (Lipinski definition) is 2. The Morgan fingerprint density at radius 1 is 1.23 bits per heavy atom. The van der Waals surface area contributed by atoms with Crippen LogP contribution in [-0.4, -0.2) is 23.5 Å². The first-order valence-corrected chi connectivity index (χ1v) is 8.69. The number of nitro benzene ring substituents is 1. The normalized spacial score (nSPS) is 10.6. The minimum Gasteiger partial charge on any atom is -0.490 e. The molecule has 3 amide bonds. The highest BCUT2D eigenvalue weighted by Gasteiger charge is 2.13. The number of benzene rings is 2. The number of nitrogens with zero attached hydrogens (tertiary/aromatic N) is 2. The first-order valence-electron chi connectivity index (χ1n) is 8.69. The van der Waals surface area contributed by atoms with E-state index in [1.54, 1.807) is 43.3 Å². The molecule has 2 aromatic rings. The molecule has 0 aliphatic carbocycles. The maximum absolute atomic E-state index is 11.8. The average molecular weight is 410 g/mol. The fraction of sp³-hybridized carbons (Fsp3) is 0.150. The Labute approximate surface area is 171 Å². The summed E-state index contributed by atoms with van der Waals surface area (Å²) in [4.78, 5) is 33.0. The third kappa shape index (κ3) is 6.07. The zero-order valence-corrected chi connectivity index (χ0v) is 16.0. The van der Waals surface area contributed by atoms with Crippen LogP contribution < -0.4 is 20.5 Å². The molecule has 30 heavy (non-hydrogen) atoms. The van der Waals surface area contributed by atoms with Crippen LogP contribution in [0.5, 0.6) is 11.5 Å². The van der Waals surface area contributed by atoms with E-state index in [-0.39, 0.29) is 17.9 Å². The Kier molecular flexibility index (Phi) is 7.47. The highest BCUT2D eigenvalue weighted by molar-refractivity contribution is 6.08. The third-order valence-electron chi connectivity index (χ3n) is 3.70. The number of ether oxygens (including phenoxy) is 2. The van der Waals surface area contributed by atoms with E-state index < -0.39 is 16.9 Å². The number of nitrogens with one attached hydrogen (secondary N) is 1. The van der Waals surface area contributed by atoms with Gasteiger partial charge in [0.2, 0.25) is 0 Å². The molecule has 0 saturated carbocycles. The van der Waals surface area contributed by atoms with E-state index in [9.17, 15) is 19.7 Å². The SMILES string of the molecule is CCOc1cc(/C=C(/C#N)C(=O)NC(N)=O)ccc1OCc1cccc([N+](=O)[O-])c1. The topological polar surface area (TPSA) is 158 Å². The van der Waals surface area contributed by atoms with Crippen LogP contribution in [0.2, 0.25) is 0 Å². The first kappa shape index (κ1) is 21.9. The van der Waals surface area contributed by atoms with Gasteiger partial charge in [-0.25, -0.2) is 4.79 Å². The number of nitro groups is 1. The van der Waals surface area contributed by atoms with Crippen LogP contribution in [0.3, 0.4) is 0 Å². The van der Waals surface area contributed by atoms with Gasteiger partial charge in [-0.1, -0.05) is 18.2 Å². The summed E-state index contributed by atoms with van der Waals surface area (Å²) < 4.78 is 11.3. The lowest BCUT2D eigenvalue weighted by Gasteiger charge is -2.13. The van der Waals surface area contributed by atoms with E-state index in [1.807, 2.05) is 5.32 Å². The minimum atomic E-state index is -1.07. The van der Waals surface area contributed by atoms with Crippen LogP contribution in [0.15, 0.2) is 48.0 Å². The van der Waals surface area contributed by atoms with Gasteiger partial charge in [-0.15, -0.1) is 0 Å². The van der Waals surface area contributed by atoms with Crippen molar-refractivity contribution in [1.82, 2.24) is 5.32 Å². The van der Waals surface area contributed by atoms with Crippen molar-refractivity contribution in [3.63, 3.8) is 0 Å². The third-order valence-corrected chi connectivity index (χ3v) is 3.70. The Hall–Kier alpha value is -4.39. The summed E-state index contributed by atoms with van der Waals surface area (Å²) in [7, 11) is 0. The van der Waals surface area contributed by atoms with Gasteiger partial charge in [-0.05, 0) is 36.3 Å². The van der Waals surface area contributed by atoms with E-state index in [1.165, 1.54) is 18.2 Å². The van der Waals surface area contributed by atoms with Crippen molar-refractivity contribution < 1.29 is 24.0 Å². The van der Waals surface area contributed by atoms with Gasteiger partial charge in [0, 0.05) is 12.1 Å². The molecule has 3 N–H and O–H groups in total. The Morgan fingerprint density at radius 2 is 2.00 bits per heavy atom. The summed E-state index contributed by atoms with van der Waals surface area (Å²) in [6.45, 7) is 2.17. The first-order chi connectivity index (χ1) is 14.3. The molecule has 2 aromatic carbocycles. The average Bonchev–Trinajstić information content (AvgIpc) is 2.71. The summed E-state index contributed by atoms with van der Waals surface area (Å²) in [5.41, 5.74) is 5.59. The number of imide groups is 1. The van der Waals surface area contributed by atoms with Crippen molar-refractivity contribution in [3.05, 3.63) is 69.3 Å². The van der Waals surface area contributed by atoms with Gasteiger partial charge in [0.15, 0.2) is 11.5 Å². The molecule has 154 valence electrons. The summed E-state index contributed by atoms with van der Waals surface area (Å²) >= 11 is 0. The monoisotopic (exact) mass is 410 g/mol. The van der Waals surface area contributed by atoms with Gasteiger partial charge in [-0.2, -0.15) is 5.26 Å². The van der Waals surface area contributed by atoms with Crippen molar-refractivity contribution in [2.75, 3.05) is 6.61 Å². The molecule has 2 rings (SSSR count). The maximum Gasteiger partial charge on any atom is 0.319 e. The second-order valence-corrected chi connectivity index (χ2v) is 5.84. The number of primary amides is 1. The lowest BCUT2D eigenvalue weighted by molar-refractivity contribution is -0.384. The predicted octanol–water partition coefficient (Wildman–Crippen LogP) is 2.67. The van der Waals surface area contributed by atoms with E-state index in [0.717, 1.165) is 0 Å². The van der Waals surface area contributed by atoms with Gasteiger partial charge in [-0.3, -0.25) is 20.2 Å². The Balaban J connectivity index is 2.24. The fourth-order valence-corrected chi connectivity index (χ4v) is 2.42. The fourth-order valence-electron chi connectivity index (χ4n) is 2.42. The van der Waals surface area contributed by atoms with Crippen LogP contribution in [0.25, 0.3) is 6.08 Å². The summed E-state index contributed by atoms with van der Waals surface area (Å²) in [5.74, 6) is -0.196. The van der Waals surface area contributed by atoms with E-state index in [2.05, 4.69) is 0 Å². The van der Waals surface area contributed by atoms with Crippen LogP contribution in [0.4, 0.5) is 10.5 Å². The molecule has 0 heterocycles. The van der Waals surface area contributed by atoms with Gasteiger partial charge >= 0.3 is 6.03 Å². The molecule has 0 spiro atoms. The van der Waals surface area contributed by atoms with Crippen molar-refractivity contribution >= 4 is 23.7 Å². The number of carbonyl (C=O) groups excluding carboxylic acids is 2. The number of non-ortho nitro benzene ring substituents is 1. The smallest absolute Gasteiger partial charge is 0.319 e. The van der Waals surface area contributed by atoms with Gasteiger partial charge in [0.05, 0.1) is 11.5 Å². The second-order valence-electron chi connectivity index (χ2n) is 5.84. The van der Waals surface area contributed by atoms with Crippen LogP contribution in [0, 0.1) is 21.4 Å². The molecule has 10 nitrogen and oxygen atoms in total. The maximum atomic E-state index is 11.8. The van der Waals surface area contributed by atoms with Crippen molar-refractivity contribution in [3.8, 4) is 17.6 Å². The number of nitriles is 1. The minimum absolute atomic E-state index is 0.0418. The number of hydrogen-bond acceptors (Lipinski definition) is 7. The molecule has 0 atom stereocenters. The van der Waals surface area contributed by atoms with Crippen LogP contribution in [0.1, 0.15) is 18.1 Å². The zero-order valence-electron chi connectivity index (χ0n) is 16.0. The van der Waals surface area contributed by atoms with Gasteiger partial charge in [0.25, 0.3) is 11.6 Å². The van der Waals surface area contributed by atoms with Crippen LogP contribution >= 0.6 is 0 Å². The molecule has 0 bridgehead atoms. The second kappa shape index (κ2) is 10.2. The molecular weight excluding hydrogens is 392 g/mol. The Morgan fingerprint density at radius 3 is 2.63 bits per heavy atom. The highest BCUT2D eigenvalue weighted by Crippen LogP contribution is 2.30. The molecule has 0 aliphatic rings. The van der Waals surface area contributed by atoms with Gasteiger partial charge in [0.1, 0.15) is 18.2 Å². The summed E-state index contributed by atoms with van der Waals surface area (Å²) in [6.07, 6.45) is 1.27. The predicted molar refractivity (Wildman–Crippen MR) is 106 cm³/mol. The van der Waals surface area contributed by atoms with Crippen molar-refractivity contribution in [2.45, 2.75) is 13.5 Å². The van der Waals surface area contributed by atoms with Crippen LogP contribution in [-0.2, 0) is 11.4 Å². The molecule has 0 fully saturated rings. The van der Waals surface area contributed by atoms with Gasteiger partial charge < -0.3 is 15.2 Å². The molecule has 0 aromatic heterocycles. The lowest BCUT2D eigenvalue weighted by Crippen LogP contribution is -2.35. The molecule has 0 unspecified atom stereocenters. The van der Waals surface area contributed by atoms with E-state index >= 15 is 0 Å². The lowest BCUT2D eigenvalue weighted by atomic mass is 10.1.